The first-order valence-corrected chi connectivity index (χ1v) is 10.1. The van der Waals surface area contributed by atoms with Crippen LogP contribution in [-0.4, -0.2) is 41.8 Å². The Morgan fingerprint density at radius 3 is 2.32 bits per heavy atom. The summed E-state index contributed by atoms with van der Waals surface area (Å²) in [6, 6.07) is 17.9. The van der Waals surface area contributed by atoms with Crippen molar-refractivity contribution >= 4 is 35.8 Å². The standard InChI is InChI=1S/C23H28N6O.HI/c1-3-25-22(30)20-9-5-19(6-10-20)17-27-23(24-2)26-15-13-18-7-11-21(12-8-18)29-16-4-14-28-29;/h4-12,14,16H,3,13,15,17H2,1-2H3,(H,25,30)(H2,24,26,27);1H. The molecule has 7 nitrogen and oxygen atoms in total. The minimum Gasteiger partial charge on any atom is -0.356 e. The number of aromatic nitrogens is 2. The smallest absolute Gasteiger partial charge is 0.251 e. The van der Waals surface area contributed by atoms with E-state index in [1.165, 1.54) is 5.56 Å². The molecule has 0 spiro atoms. The highest BCUT2D eigenvalue weighted by Gasteiger charge is 2.04. The van der Waals surface area contributed by atoms with Gasteiger partial charge in [-0.25, -0.2) is 4.68 Å². The molecule has 0 atom stereocenters. The fourth-order valence-corrected chi connectivity index (χ4v) is 3.01. The third-order valence-electron chi connectivity index (χ3n) is 4.65. The highest BCUT2D eigenvalue weighted by Crippen LogP contribution is 2.09. The number of benzene rings is 2. The van der Waals surface area contributed by atoms with Crippen LogP contribution in [0.15, 0.2) is 72.0 Å². The van der Waals surface area contributed by atoms with Gasteiger partial charge in [-0.3, -0.25) is 9.79 Å². The van der Waals surface area contributed by atoms with Crippen molar-refractivity contribution in [2.45, 2.75) is 19.9 Å². The molecule has 1 amide bonds. The second kappa shape index (κ2) is 12.7. The molecule has 3 N–H and O–H groups in total. The van der Waals surface area contributed by atoms with E-state index in [-0.39, 0.29) is 29.9 Å². The van der Waals surface area contributed by atoms with Gasteiger partial charge in [0.05, 0.1) is 5.69 Å². The van der Waals surface area contributed by atoms with Gasteiger partial charge in [-0.2, -0.15) is 5.10 Å². The predicted molar refractivity (Wildman–Crippen MR) is 135 cm³/mol. The molecule has 0 aliphatic rings. The number of rotatable bonds is 8. The zero-order chi connectivity index (χ0) is 21.2. The molecular formula is C23H29IN6O. The molecule has 0 radical (unpaired) electrons. The van der Waals surface area contributed by atoms with Gasteiger partial charge in [0.1, 0.15) is 0 Å². The van der Waals surface area contributed by atoms with E-state index in [1.807, 2.05) is 48.1 Å². The summed E-state index contributed by atoms with van der Waals surface area (Å²) < 4.78 is 1.84. The Kier molecular flexibility index (Phi) is 10.0. The Balaban J connectivity index is 0.00000341. The zero-order valence-electron chi connectivity index (χ0n) is 17.8. The summed E-state index contributed by atoms with van der Waals surface area (Å²) in [5, 5.41) is 13.7. The van der Waals surface area contributed by atoms with E-state index >= 15 is 0 Å². The molecule has 1 aromatic heterocycles. The summed E-state index contributed by atoms with van der Waals surface area (Å²) in [5.74, 6) is 0.697. The Bertz CT molecular complexity index is 953. The first kappa shape index (κ1) is 24.4. The SMILES string of the molecule is CCNC(=O)c1ccc(CNC(=NC)NCCc2ccc(-n3cccn3)cc2)cc1.I. The van der Waals surface area contributed by atoms with Gasteiger partial charge in [0.2, 0.25) is 0 Å². The number of hydrogen-bond donors (Lipinski definition) is 3. The number of nitrogens with one attached hydrogen (secondary N) is 3. The minimum atomic E-state index is -0.0489. The number of hydrogen-bond acceptors (Lipinski definition) is 3. The van der Waals surface area contributed by atoms with Crippen LogP contribution in [0.2, 0.25) is 0 Å². The molecule has 0 aliphatic heterocycles. The van der Waals surface area contributed by atoms with Crippen molar-refractivity contribution < 1.29 is 4.79 Å². The van der Waals surface area contributed by atoms with Crippen LogP contribution in [0.3, 0.4) is 0 Å². The first-order valence-electron chi connectivity index (χ1n) is 10.1. The highest BCUT2D eigenvalue weighted by molar-refractivity contribution is 14.0. The molecule has 0 saturated carbocycles. The topological polar surface area (TPSA) is 83.3 Å². The van der Waals surface area contributed by atoms with E-state index in [1.54, 1.807) is 13.2 Å². The lowest BCUT2D eigenvalue weighted by molar-refractivity contribution is 0.0956. The lowest BCUT2D eigenvalue weighted by Gasteiger charge is -2.12. The molecule has 8 heteroatoms. The lowest BCUT2D eigenvalue weighted by Crippen LogP contribution is -2.37. The van der Waals surface area contributed by atoms with Gasteiger partial charge >= 0.3 is 0 Å². The van der Waals surface area contributed by atoms with Gasteiger partial charge in [0, 0.05) is 44.6 Å². The van der Waals surface area contributed by atoms with Gasteiger partial charge in [0.15, 0.2) is 5.96 Å². The molecule has 0 unspecified atom stereocenters. The highest BCUT2D eigenvalue weighted by atomic mass is 127. The molecule has 0 saturated heterocycles. The van der Waals surface area contributed by atoms with Crippen LogP contribution in [0.4, 0.5) is 0 Å². The maximum Gasteiger partial charge on any atom is 0.251 e. The summed E-state index contributed by atoms with van der Waals surface area (Å²) in [7, 11) is 1.76. The van der Waals surface area contributed by atoms with E-state index in [4.69, 9.17) is 0 Å². The largest absolute Gasteiger partial charge is 0.356 e. The Hall–Kier alpha value is -2.88. The Labute approximate surface area is 200 Å². The number of guanidine groups is 1. The normalized spacial score (nSPS) is 10.8. The zero-order valence-corrected chi connectivity index (χ0v) is 20.2. The van der Waals surface area contributed by atoms with Gasteiger partial charge in [-0.05, 0) is 54.8 Å². The number of carbonyl (C=O) groups is 1. The van der Waals surface area contributed by atoms with E-state index in [0.717, 1.165) is 30.2 Å². The third kappa shape index (κ3) is 7.39. The second-order valence-electron chi connectivity index (χ2n) is 6.78. The molecule has 31 heavy (non-hydrogen) atoms. The van der Waals surface area contributed by atoms with Crippen LogP contribution in [0.1, 0.15) is 28.4 Å². The van der Waals surface area contributed by atoms with E-state index in [2.05, 4.69) is 50.3 Å². The summed E-state index contributed by atoms with van der Waals surface area (Å²) in [4.78, 5) is 16.1. The maximum atomic E-state index is 11.8. The van der Waals surface area contributed by atoms with Crippen LogP contribution < -0.4 is 16.0 Å². The van der Waals surface area contributed by atoms with Crippen molar-refractivity contribution in [2.24, 2.45) is 4.99 Å². The monoisotopic (exact) mass is 532 g/mol. The molecule has 3 rings (SSSR count). The van der Waals surface area contributed by atoms with Crippen molar-refractivity contribution in [1.29, 1.82) is 0 Å². The quantitative estimate of drug-likeness (QED) is 0.237. The van der Waals surface area contributed by atoms with Crippen molar-refractivity contribution in [1.82, 2.24) is 25.7 Å². The molecule has 0 bridgehead atoms. The van der Waals surface area contributed by atoms with Crippen LogP contribution in [0, 0.1) is 0 Å². The second-order valence-corrected chi connectivity index (χ2v) is 6.78. The lowest BCUT2D eigenvalue weighted by atomic mass is 10.1. The number of aliphatic imine (C=N–C) groups is 1. The van der Waals surface area contributed by atoms with Crippen molar-refractivity contribution in [3.63, 3.8) is 0 Å². The molecule has 3 aromatic rings. The number of halogens is 1. The van der Waals surface area contributed by atoms with E-state index in [0.29, 0.717) is 18.7 Å². The van der Waals surface area contributed by atoms with Crippen LogP contribution >= 0.6 is 24.0 Å². The number of nitrogens with zero attached hydrogens (tertiary/aromatic N) is 3. The van der Waals surface area contributed by atoms with Crippen LogP contribution in [-0.2, 0) is 13.0 Å². The third-order valence-corrected chi connectivity index (χ3v) is 4.65. The molecular weight excluding hydrogens is 503 g/mol. The van der Waals surface area contributed by atoms with Gasteiger partial charge in [0.25, 0.3) is 5.91 Å². The number of amides is 1. The molecule has 1 heterocycles. The molecule has 0 aliphatic carbocycles. The summed E-state index contributed by atoms with van der Waals surface area (Å²) in [6.07, 6.45) is 4.59. The van der Waals surface area contributed by atoms with Crippen LogP contribution in [0.5, 0.6) is 0 Å². The van der Waals surface area contributed by atoms with E-state index in [9.17, 15) is 4.79 Å². The summed E-state index contributed by atoms with van der Waals surface area (Å²) in [6.45, 7) is 3.94. The van der Waals surface area contributed by atoms with Gasteiger partial charge in [-0.1, -0.05) is 24.3 Å². The Morgan fingerprint density at radius 2 is 1.71 bits per heavy atom. The summed E-state index contributed by atoms with van der Waals surface area (Å²) >= 11 is 0. The molecule has 164 valence electrons. The van der Waals surface area contributed by atoms with Crippen molar-refractivity contribution in [3.05, 3.63) is 83.7 Å². The van der Waals surface area contributed by atoms with Crippen molar-refractivity contribution in [2.75, 3.05) is 20.1 Å². The first-order chi connectivity index (χ1) is 14.7. The van der Waals surface area contributed by atoms with E-state index < -0.39 is 0 Å². The van der Waals surface area contributed by atoms with Crippen molar-refractivity contribution in [3.8, 4) is 5.69 Å². The maximum absolute atomic E-state index is 11.8. The van der Waals surface area contributed by atoms with Gasteiger partial charge < -0.3 is 16.0 Å². The fourth-order valence-electron chi connectivity index (χ4n) is 3.01. The van der Waals surface area contributed by atoms with Crippen LogP contribution in [0.25, 0.3) is 5.69 Å². The predicted octanol–water partition coefficient (Wildman–Crippen LogP) is 3.15. The average molecular weight is 532 g/mol. The Morgan fingerprint density at radius 1 is 1.00 bits per heavy atom. The molecule has 0 fully saturated rings. The summed E-state index contributed by atoms with van der Waals surface area (Å²) in [5.41, 5.74) is 4.05. The fraction of sp³-hybridized carbons (Fsp3) is 0.261. The molecule has 2 aromatic carbocycles. The van der Waals surface area contributed by atoms with Gasteiger partial charge in [-0.15, -0.1) is 24.0 Å². The average Bonchev–Trinajstić information content (AvgIpc) is 3.32. The minimum absolute atomic E-state index is 0. The number of carbonyl (C=O) groups excluding carboxylic acids is 1.